The molecule has 2 N–H and O–H groups in total. The van der Waals surface area contributed by atoms with Crippen LogP contribution in [0.15, 0.2) is 18.2 Å². The fraction of sp³-hybridized carbons (Fsp3) is 0.500. The highest BCUT2D eigenvalue weighted by atomic mass is 19.1. The minimum Gasteiger partial charge on any atom is -0.326 e. The summed E-state index contributed by atoms with van der Waals surface area (Å²) in [4.78, 5) is 0. The molecule has 1 rings (SSSR count). The first-order valence-corrected chi connectivity index (χ1v) is 5.12. The Labute approximate surface area is 89.3 Å². The summed E-state index contributed by atoms with van der Waals surface area (Å²) in [5, 5.41) is 0. The summed E-state index contributed by atoms with van der Waals surface area (Å²) in [6.07, 6.45) is 1.85. The quantitative estimate of drug-likeness (QED) is 0.817. The summed E-state index contributed by atoms with van der Waals surface area (Å²) in [7, 11) is 0. The van der Waals surface area contributed by atoms with E-state index in [1.807, 2.05) is 13.8 Å². The van der Waals surface area contributed by atoms with Crippen LogP contribution in [0.2, 0.25) is 0 Å². The van der Waals surface area contributed by atoms with Gasteiger partial charge < -0.3 is 5.73 Å². The Morgan fingerprint density at radius 2 is 1.73 bits per heavy atom. The third kappa shape index (κ3) is 3.96. The Balaban J connectivity index is 2.58. The highest BCUT2D eigenvalue weighted by molar-refractivity contribution is 5.19. The number of rotatable bonds is 4. The van der Waals surface area contributed by atoms with Crippen molar-refractivity contribution in [3.8, 4) is 0 Å². The van der Waals surface area contributed by atoms with Crippen molar-refractivity contribution in [1.29, 1.82) is 0 Å². The minimum atomic E-state index is -0.468. The van der Waals surface area contributed by atoms with Gasteiger partial charge in [0.1, 0.15) is 11.6 Å². The zero-order valence-corrected chi connectivity index (χ0v) is 9.19. The van der Waals surface area contributed by atoms with Crippen molar-refractivity contribution in [3.05, 3.63) is 35.4 Å². The molecule has 0 atom stereocenters. The Morgan fingerprint density at radius 1 is 1.20 bits per heavy atom. The van der Waals surface area contributed by atoms with Gasteiger partial charge in [0.25, 0.3) is 0 Å². The molecule has 84 valence electrons. The van der Waals surface area contributed by atoms with Crippen molar-refractivity contribution in [2.24, 2.45) is 5.73 Å². The predicted octanol–water partition coefficient (Wildman–Crippen LogP) is 3.02. The molecule has 0 saturated heterocycles. The maximum atomic E-state index is 13.2. The SMILES string of the molecule is CC(C)(N)CCCc1c(F)cccc1F. The average Bonchev–Trinajstić information content (AvgIpc) is 2.08. The molecule has 0 bridgehead atoms. The molecule has 0 fully saturated rings. The van der Waals surface area contributed by atoms with Crippen molar-refractivity contribution in [3.63, 3.8) is 0 Å². The van der Waals surface area contributed by atoms with Crippen LogP contribution >= 0.6 is 0 Å². The second-order valence-electron chi connectivity index (χ2n) is 4.54. The number of halogens is 2. The highest BCUT2D eigenvalue weighted by Gasteiger charge is 2.12. The summed E-state index contributed by atoms with van der Waals surface area (Å²) in [6, 6.07) is 3.94. The van der Waals surface area contributed by atoms with Gasteiger partial charge in [0.05, 0.1) is 0 Å². The number of benzene rings is 1. The fourth-order valence-corrected chi connectivity index (χ4v) is 1.49. The Hall–Kier alpha value is -0.960. The molecule has 0 aliphatic rings. The maximum absolute atomic E-state index is 13.2. The van der Waals surface area contributed by atoms with E-state index in [0.29, 0.717) is 12.8 Å². The molecule has 0 aliphatic carbocycles. The lowest BCUT2D eigenvalue weighted by Crippen LogP contribution is -2.31. The summed E-state index contributed by atoms with van der Waals surface area (Å²) in [6.45, 7) is 3.81. The number of hydrogen-bond donors (Lipinski definition) is 1. The molecule has 0 radical (unpaired) electrons. The van der Waals surface area contributed by atoms with Crippen LogP contribution in [-0.2, 0) is 6.42 Å². The molecule has 0 aromatic heterocycles. The summed E-state index contributed by atoms with van der Waals surface area (Å²) in [5.74, 6) is -0.936. The van der Waals surface area contributed by atoms with E-state index in [1.165, 1.54) is 18.2 Å². The van der Waals surface area contributed by atoms with Crippen LogP contribution in [0.1, 0.15) is 32.3 Å². The minimum absolute atomic E-state index is 0.168. The van der Waals surface area contributed by atoms with E-state index >= 15 is 0 Å². The van der Waals surface area contributed by atoms with Gasteiger partial charge in [-0.05, 0) is 45.2 Å². The van der Waals surface area contributed by atoms with Gasteiger partial charge in [-0.15, -0.1) is 0 Å². The van der Waals surface area contributed by atoms with Crippen LogP contribution in [0.25, 0.3) is 0 Å². The van der Waals surface area contributed by atoms with Crippen LogP contribution < -0.4 is 5.73 Å². The van der Waals surface area contributed by atoms with Gasteiger partial charge in [0.15, 0.2) is 0 Å². The molecule has 3 heteroatoms. The van der Waals surface area contributed by atoms with Gasteiger partial charge in [-0.1, -0.05) is 6.07 Å². The van der Waals surface area contributed by atoms with Gasteiger partial charge in [-0.25, -0.2) is 8.78 Å². The Bertz CT molecular complexity index is 309. The van der Waals surface area contributed by atoms with Crippen LogP contribution in [0, 0.1) is 11.6 Å². The first-order valence-electron chi connectivity index (χ1n) is 5.12. The number of nitrogens with two attached hydrogens (primary N) is 1. The topological polar surface area (TPSA) is 26.0 Å². The predicted molar refractivity (Wildman–Crippen MR) is 57.6 cm³/mol. The molecule has 1 aromatic rings. The summed E-state index contributed by atoms with van der Waals surface area (Å²) < 4.78 is 26.4. The second-order valence-corrected chi connectivity index (χ2v) is 4.54. The lowest BCUT2D eigenvalue weighted by atomic mass is 9.96. The van der Waals surface area contributed by atoms with E-state index in [-0.39, 0.29) is 11.1 Å². The van der Waals surface area contributed by atoms with E-state index in [0.717, 1.165) is 6.42 Å². The molecular formula is C12H17F2N. The van der Waals surface area contributed by atoms with Crippen molar-refractivity contribution < 1.29 is 8.78 Å². The third-order valence-electron chi connectivity index (χ3n) is 2.31. The third-order valence-corrected chi connectivity index (χ3v) is 2.31. The highest BCUT2D eigenvalue weighted by Crippen LogP contribution is 2.17. The molecule has 1 nitrogen and oxygen atoms in total. The van der Waals surface area contributed by atoms with Gasteiger partial charge in [-0.2, -0.15) is 0 Å². The summed E-state index contributed by atoms with van der Waals surface area (Å²) in [5.41, 5.74) is 5.68. The van der Waals surface area contributed by atoms with Gasteiger partial charge >= 0.3 is 0 Å². The van der Waals surface area contributed by atoms with Crippen molar-refractivity contribution in [2.75, 3.05) is 0 Å². The molecule has 0 spiro atoms. The van der Waals surface area contributed by atoms with E-state index in [9.17, 15) is 8.78 Å². The monoisotopic (exact) mass is 213 g/mol. The molecule has 1 aromatic carbocycles. The molecule has 0 amide bonds. The lowest BCUT2D eigenvalue weighted by Gasteiger charge is -2.17. The summed E-state index contributed by atoms with van der Waals surface area (Å²) >= 11 is 0. The zero-order valence-electron chi connectivity index (χ0n) is 9.19. The first kappa shape index (κ1) is 12.1. The van der Waals surface area contributed by atoms with E-state index in [4.69, 9.17) is 5.73 Å². The molecule has 0 unspecified atom stereocenters. The molecule has 0 aliphatic heterocycles. The Kier molecular flexibility index (Phi) is 3.80. The lowest BCUT2D eigenvalue weighted by molar-refractivity contribution is 0.451. The van der Waals surface area contributed by atoms with Gasteiger partial charge in [0, 0.05) is 11.1 Å². The van der Waals surface area contributed by atoms with Gasteiger partial charge in [0.2, 0.25) is 0 Å². The second kappa shape index (κ2) is 4.71. The van der Waals surface area contributed by atoms with Crippen LogP contribution in [0.5, 0.6) is 0 Å². The van der Waals surface area contributed by atoms with Crippen molar-refractivity contribution in [2.45, 2.75) is 38.6 Å². The first-order chi connectivity index (χ1) is 6.90. The molecule has 15 heavy (non-hydrogen) atoms. The van der Waals surface area contributed by atoms with Crippen molar-refractivity contribution >= 4 is 0 Å². The standard InChI is InChI=1S/C12H17F2N/c1-12(2,15)8-4-5-9-10(13)6-3-7-11(9)14/h3,6-7H,4-5,8,15H2,1-2H3. The zero-order chi connectivity index (χ0) is 11.5. The van der Waals surface area contributed by atoms with E-state index in [2.05, 4.69) is 0 Å². The normalized spacial score (nSPS) is 11.8. The van der Waals surface area contributed by atoms with Crippen LogP contribution in [0.3, 0.4) is 0 Å². The van der Waals surface area contributed by atoms with E-state index in [1.54, 1.807) is 0 Å². The Morgan fingerprint density at radius 3 is 2.20 bits per heavy atom. The maximum Gasteiger partial charge on any atom is 0.129 e. The van der Waals surface area contributed by atoms with Crippen molar-refractivity contribution in [1.82, 2.24) is 0 Å². The molecular weight excluding hydrogens is 196 g/mol. The van der Waals surface area contributed by atoms with E-state index < -0.39 is 11.6 Å². The molecule has 0 heterocycles. The van der Waals surface area contributed by atoms with Crippen LogP contribution in [-0.4, -0.2) is 5.54 Å². The van der Waals surface area contributed by atoms with Crippen LogP contribution in [0.4, 0.5) is 8.78 Å². The van der Waals surface area contributed by atoms with Gasteiger partial charge in [-0.3, -0.25) is 0 Å². The fourth-order valence-electron chi connectivity index (χ4n) is 1.49. The number of hydrogen-bond acceptors (Lipinski definition) is 1. The molecule has 0 saturated carbocycles. The average molecular weight is 213 g/mol. The largest absolute Gasteiger partial charge is 0.326 e. The smallest absolute Gasteiger partial charge is 0.129 e.